The molecule has 1 aliphatic heterocycles. The fourth-order valence-corrected chi connectivity index (χ4v) is 4.63. The minimum absolute atomic E-state index is 0.351. The molecule has 3 aromatic heterocycles. The zero-order valence-electron chi connectivity index (χ0n) is 17.3. The average Bonchev–Trinajstić information content (AvgIpc) is 3.43. The van der Waals surface area contributed by atoms with Crippen molar-refractivity contribution in [1.82, 2.24) is 14.5 Å². The van der Waals surface area contributed by atoms with E-state index in [0.717, 1.165) is 49.4 Å². The number of piperidine rings is 1. The van der Waals surface area contributed by atoms with Crippen LogP contribution in [0.5, 0.6) is 0 Å². The van der Waals surface area contributed by atoms with E-state index in [9.17, 15) is 9.90 Å². The second-order valence-electron chi connectivity index (χ2n) is 8.22. The highest BCUT2D eigenvalue weighted by Crippen LogP contribution is 2.34. The zero-order chi connectivity index (χ0) is 21.2. The molecule has 0 amide bonds. The molecule has 1 N–H and O–H groups in total. The van der Waals surface area contributed by atoms with Gasteiger partial charge in [-0.15, -0.1) is 0 Å². The van der Waals surface area contributed by atoms with Crippen molar-refractivity contribution in [3.63, 3.8) is 0 Å². The van der Waals surface area contributed by atoms with Crippen LogP contribution in [-0.4, -0.2) is 38.6 Å². The summed E-state index contributed by atoms with van der Waals surface area (Å²) in [4.78, 5) is 18.3. The maximum atomic E-state index is 11.2. The minimum atomic E-state index is -0.875. The van der Waals surface area contributed by atoms with Crippen molar-refractivity contribution in [2.24, 2.45) is 0 Å². The predicted octanol–water partition coefficient (Wildman–Crippen LogP) is 4.76. The van der Waals surface area contributed by atoms with Crippen LogP contribution in [0, 0.1) is 0 Å². The van der Waals surface area contributed by atoms with Crippen molar-refractivity contribution in [2.45, 2.75) is 31.8 Å². The lowest BCUT2D eigenvalue weighted by molar-refractivity contribution is 0.0696. The topological polar surface area (TPSA) is 71.5 Å². The molecule has 1 aromatic carbocycles. The first-order valence-electron chi connectivity index (χ1n) is 10.7. The van der Waals surface area contributed by atoms with Crippen molar-refractivity contribution in [1.29, 1.82) is 0 Å². The summed E-state index contributed by atoms with van der Waals surface area (Å²) in [5.41, 5.74) is 3.77. The number of likely N-dealkylation sites (tertiary alicyclic amines) is 1. The molecule has 0 spiro atoms. The molecule has 31 heavy (non-hydrogen) atoms. The van der Waals surface area contributed by atoms with Gasteiger partial charge in [-0.25, -0.2) is 9.78 Å². The van der Waals surface area contributed by atoms with Crippen molar-refractivity contribution in [2.75, 3.05) is 13.1 Å². The zero-order valence-corrected chi connectivity index (χ0v) is 17.3. The third-order valence-corrected chi connectivity index (χ3v) is 6.18. The molecule has 0 radical (unpaired) electrons. The highest BCUT2D eigenvalue weighted by atomic mass is 16.4. The van der Waals surface area contributed by atoms with E-state index < -0.39 is 5.97 Å². The molecular weight excluding hydrogens is 390 g/mol. The molecule has 0 bridgehead atoms. The average molecular weight is 415 g/mol. The number of rotatable bonds is 6. The van der Waals surface area contributed by atoms with Gasteiger partial charge in [-0.3, -0.25) is 4.90 Å². The normalized spacial score (nSPS) is 15.5. The van der Waals surface area contributed by atoms with Crippen LogP contribution in [0.25, 0.3) is 11.0 Å². The van der Waals surface area contributed by atoms with E-state index in [2.05, 4.69) is 26.7 Å². The number of benzene rings is 1. The summed E-state index contributed by atoms with van der Waals surface area (Å²) < 4.78 is 7.73. The molecule has 4 heterocycles. The van der Waals surface area contributed by atoms with Gasteiger partial charge in [0.1, 0.15) is 11.4 Å². The minimum Gasteiger partial charge on any atom is -0.478 e. The third-order valence-electron chi connectivity index (χ3n) is 6.18. The fourth-order valence-electron chi connectivity index (χ4n) is 4.63. The molecule has 0 aliphatic carbocycles. The number of pyridine rings is 1. The van der Waals surface area contributed by atoms with Crippen LogP contribution in [0.15, 0.2) is 71.6 Å². The number of hydrogen-bond acceptors (Lipinski definition) is 4. The summed E-state index contributed by atoms with van der Waals surface area (Å²) >= 11 is 0. The van der Waals surface area contributed by atoms with Gasteiger partial charge in [0.2, 0.25) is 0 Å². The maximum absolute atomic E-state index is 11.2. The van der Waals surface area contributed by atoms with E-state index in [1.165, 1.54) is 10.9 Å². The Morgan fingerprint density at radius 3 is 2.74 bits per heavy atom. The van der Waals surface area contributed by atoms with Crippen LogP contribution in [0.3, 0.4) is 0 Å². The van der Waals surface area contributed by atoms with Gasteiger partial charge >= 0.3 is 5.97 Å². The molecule has 6 heteroatoms. The number of aromatic nitrogens is 2. The Labute approximate surface area is 180 Å². The molecule has 1 aliphatic rings. The first-order valence-corrected chi connectivity index (χ1v) is 10.7. The van der Waals surface area contributed by atoms with Gasteiger partial charge in [0.15, 0.2) is 0 Å². The van der Waals surface area contributed by atoms with Crippen LogP contribution < -0.4 is 0 Å². The van der Waals surface area contributed by atoms with Gasteiger partial charge in [0.25, 0.3) is 0 Å². The number of fused-ring (bicyclic) bond motifs is 1. The van der Waals surface area contributed by atoms with Gasteiger partial charge < -0.3 is 14.1 Å². The number of hydrogen-bond donors (Lipinski definition) is 1. The first kappa shape index (κ1) is 19.6. The summed E-state index contributed by atoms with van der Waals surface area (Å²) in [5.74, 6) is 0.541. The fraction of sp³-hybridized carbons (Fsp3) is 0.280. The van der Waals surface area contributed by atoms with Crippen molar-refractivity contribution in [3.8, 4) is 0 Å². The Bertz CT molecular complexity index is 1190. The van der Waals surface area contributed by atoms with E-state index >= 15 is 0 Å². The Morgan fingerprint density at radius 1 is 1.10 bits per heavy atom. The second-order valence-corrected chi connectivity index (χ2v) is 8.22. The van der Waals surface area contributed by atoms with Gasteiger partial charge in [0.05, 0.1) is 18.4 Å². The van der Waals surface area contributed by atoms with E-state index in [0.29, 0.717) is 18.0 Å². The first-order chi connectivity index (χ1) is 15.2. The smallest absolute Gasteiger partial charge is 0.335 e. The Morgan fingerprint density at radius 2 is 1.97 bits per heavy atom. The second kappa shape index (κ2) is 8.40. The molecule has 0 atom stereocenters. The lowest BCUT2D eigenvalue weighted by atomic mass is 9.89. The standard InChI is InChI=1S/C25H25N3O3/c29-25(30)20-5-1-4-18(14-20)15-27-11-8-19(9-12-27)23-17-28(16-21-6-3-13-31-21)24-22(23)7-2-10-26-24/h1-7,10,13-14,17,19H,8-9,11-12,15-16H2,(H,29,30). The molecule has 1 saturated heterocycles. The van der Waals surface area contributed by atoms with Crippen molar-refractivity contribution >= 4 is 17.0 Å². The maximum Gasteiger partial charge on any atom is 0.335 e. The van der Waals surface area contributed by atoms with Crippen LogP contribution in [0.2, 0.25) is 0 Å². The van der Waals surface area contributed by atoms with Gasteiger partial charge in [0, 0.05) is 24.3 Å². The summed E-state index contributed by atoms with van der Waals surface area (Å²) in [7, 11) is 0. The number of carboxylic acids is 1. The highest BCUT2D eigenvalue weighted by Gasteiger charge is 2.24. The van der Waals surface area contributed by atoms with Crippen LogP contribution >= 0.6 is 0 Å². The monoisotopic (exact) mass is 415 g/mol. The van der Waals surface area contributed by atoms with Crippen LogP contribution in [0.1, 0.15) is 46.0 Å². The third kappa shape index (κ3) is 4.11. The van der Waals surface area contributed by atoms with E-state index in [1.54, 1.807) is 18.4 Å². The number of aromatic carboxylic acids is 1. The quantitative estimate of drug-likeness (QED) is 0.492. The number of furan rings is 1. The number of carboxylic acid groups (broad SMARTS) is 1. The van der Waals surface area contributed by atoms with E-state index in [1.807, 2.05) is 36.5 Å². The van der Waals surface area contributed by atoms with Crippen molar-refractivity contribution < 1.29 is 14.3 Å². The van der Waals surface area contributed by atoms with Gasteiger partial charge in [-0.05, 0) is 79.4 Å². The Balaban J connectivity index is 1.30. The number of carbonyl (C=O) groups is 1. The van der Waals surface area contributed by atoms with Gasteiger partial charge in [-0.2, -0.15) is 0 Å². The van der Waals surface area contributed by atoms with Crippen LogP contribution in [0.4, 0.5) is 0 Å². The lowest BCUT2D eigenvalue weighted by Gasteiger charge is -2.32. The summed E-state index contributed by atoms with van der Waals surface area (Å²) in [6, 6.07) is 15.3. The highest BCUT2D eigenvalue weighted by molar-refractivity contribution is 5.87. The van der Waals surface area contributed by atoms with Crippen molar-refractivity contribution in [3.05, 3.63) is 89.6 Å². The Kier molecular flexibility index (Phi) is 5.30. The van der Waals surface area contributed by atoms with Crippen LogP contribution in [-0.2, 0) is 13.1 Å². The molecule has 0 unspecified atom stereocenters. The van der Waals surface area contributed by atoms with E-state index in [4.69, 9.17) is 4.42 Å². The molecule has 0 saturated carbocycles. The lowest BCUT2D eigenvalue weighted by Crippen LogP contribution is -2.32. The van der Waals surface area contributed by atoms with E-state index in [-0.39, 0.29) is 0 Å². The molecule has 1 fully saturated rings. The predicted molar refractivity (Wildman–Crippen MR) is 118 cm³/mol. The summed E-state index contributed by atoms with van der Waals surface area (Å²) in [5, 5.41) is 10.4. The molecular formula is C25H25N3O3. The summed E-state index contributed by atoms with van der Waals surface area (Å²) in [6.45, 7) is 3.45. The SMILES string of the molecule is O=C(O)c1cccc(CN2CCC(c3cn(Cc4ccco4)c4ncccc34)CC2)c1. The van der Waals surface area contributed by atoms with Gasteiger partial charge in [-0.1, -0.05) is 12.1 Å². The molecule has 5 rings (SSSR count). The summed E-state index contributed by atoms with van der Waals surface area (Å²) in [6.07, 6.45) is 7.95. The molecule has 4 aromatic rings. The number of nitrogens with zero attached hydrogens (tertiary/aromatic N) is 3. The molecule has 6 nitrogen and oxygen atoms in total. The molecule has 158 valence electrons. The Hall–Kier alpha value is -3.38. The largest absolute Gasteiger partial charge is 0.478 e.